The van der Waals surface area contributed by atoms with Crippen LogP contribution in [-0.2, 0) is 9.59 Å². The summed E-state index contributed by atoms with van der Waals surface area (Å²) in [7, 11) is 1.59. The Labute approximate surface area is 145 Å². The largest absolute Gasteiger partial charge is 0.497 e. The summed E-state index contributed by atoms with van der Waals surface area (Å²) < 4.78 is 5.13. The van der Waals surface area contributed by atoms with Crippen molar-refractivity contribution in [2.45, 2.75) is 16.1 Å². The van der Waals surface area contributed by atoms with E-state index in [-0.39, 0.29) is 45.1 Å². The highest BCUT2D eigenvalue weighted by atomic mass is 79.9. The van der Waals surface area contributed by atoms with Gasteiger partial charge >= 0.3 is 0 Å². The summed E-state index contributed by atoms with van der Waals surface area (Å²) in [6.45, 7) is 0. The van der Waals surface area contributed by atoms with Crippen LogP contribution in [0.2, 0.25) is 0 Å². The first kappa shape index (κ1) is 14.7. The van der Waals surface area contributed by atoms with E-state index in [1.54, 1.807) is 31.4 Å². The normalized spacial score (nSPS) is 39.5. The third-order valence-electron chi connectivity index (χ3n) is 5.32. The van der Waals surface area contributed by atoms with Gasteiger partial charge in [-0.1, -0.05) is 31.9 Å². The van der Waals surface area contributed by atoms with Crippen LogP contribution in [0.25, 0.3) is 0 Å². The molecular weight excluding hydrogens is 414 g/mol. The van der Waals surface area contributed by atoms with Gasteiger partial charge in [0.15, 0.2) is 0 Å². The van der Waals surface area contributed by atoms with Crippen molar-refractivity contribution in [3.8, 4) is 5.75 Å². The maximum absolute atomic E-state index is 12.8. The number of fused-ring (bicyclic) bond motifs is 5. The van der Waals surface area contributed by atoms with E-state index in [9.17, 15) is 9.59 Å². The van der Waals surface area contributed by atoms with E-state index in [0.29, 0.717) is 11.4 Å². The van der Waals surface area contributed by atoms with Gasteiger partial charge in [0.25, 0.3) is 0 Å². The van der Waals surface area contributed by atoms with Crippen LogP contribution in [0.1, 0.15) is 6.42 Å². The van der Waals surface area contributed by atoms with Crippen LogP contribution in [-0.4, -0.2) is 28.6 Å². The van der Waals surface area contributed by atoms with Crippen LogP contribution >= 0.6 is 31.9 Å². The lowest BCUT2D eigenvalue weighted by Crippen LogP contribution is -2.37. The smallest absolute Gasteiger partial charge is 0.238 e. The van der Waals surface area contributed by atoms with E-state index in [0.717, 1.165) is 6.42 Å². The van der Waals surface area contributed by atoms with Gasteiger partial charge in [0.2, 0.25) is 11.8 Å². The van der Waals surface area contributed by atoms with Crippen LogP contribution < -0.4 is 9.64 Å². The van der Waals surface area contributed by atoms with E-state index in [1.807, 2.05) is 0 Å². The lowest BCUT2D eigenvalue weighted by molar-refractivity contribution is -0.123. The van der Waals surface area contributed by atoms with Crippen molar-refractivity contribution < 1.29 is 14.3 Å². The summed E-state index contributed by atoms with van der Waals surface area (Å²) in [6, 6.07) is 7.10. The van der Waals surface area contributed by atoms with E-state index in [4.69, 9.17) is 4.74 Å². The number of anilines is 1. The number of nitrogens with zero attached hydrogens (tertiary/aromatic N) is 1. The fraction of sp³-hybridized carbons (Fsp3) is 0.500. The van der Waals surface area contributed by atoms with Gasteiger partial charge in [-0.3, -0.25) is 14.5 Å². The lowest BCUT2D eigenvalue weighted by atomic mass is 9.81. The summed E-state index contributed by atoms with van der Waals surface area (Å²) in [5.41, 5.74) is 0.641. The van der Waals surface area contributed by atoms with E-state index in [1.165, 1.54) is 4.90 Å². The number of rotatable bonds is 2. The molecule has 1 aromatic carbocycles. The second-order valence-electron chi connectivity index (χ2n) is 6.21. The molecule has 4 nitrogen and oxygen atoms in total. The van der Waals surface area contributed by atoms with Crippen molar-refractivity contribution in [3.63, 3.8) is 0 Å². The van der Waals surface area contributed by atoms with Gasteiger partial charge in [0.05, 0.1) is 24.6 Å². The topological polar surface area (TPSA) is 46.6 Å². The molecule has 1 heterocycles. The minimum absolute atomic E-state index is 0.0449. The maximum Gasteiger partial charge on any atom is 0.238 e. The van der Waals surface area contributed by atoms with Crippen LogP contribution in [0.3, 0.4) is 0 Å². The number of imide groups is 1. The molecule has 1 saturated heterocycles. The SMILES string of the molecule is COc1ccc(N2C(=O)[C@@H]3[C@@H]4C[C@@H]([C@H](Br)[C@@H]4Br)[C@@H]3C2=O)cc1. The molecule has 2 bridgehead atoms. The number of carbonyl (C=O) groups excluding carboxylic acids is 2. The molecular formula is C16H15Br2NO3. The Balaban J connectivity index is 1.69. The fourth-order valence-corrected chi connectivity index (χ4v) is 6.21. The van der Waals surface area contributed by atoms with Crippen LogP contribution in [0.4, 0.5) is 5.69 Å². The average Bonchev–Trinajstić information content (AvgIpc) is 3.13. The first-order valence-corrected chi connectivity index (χ1v) is 9.17. The molecule has 6 atom stereocenters. The van der Waals surface area contributed by atoms with Crippen molar-refractivity contribution in [2.75, 3.05) is 12.0 Å². The molecule has 116 valence electrons. The van der Waals surface area contributed by atoms with Gasteiger partial charge in [-0.25, -0.2) is 0 Å². The van der Waals surface area contributed by atoms with Crippen LogP contribution in [0.15, 0.2) is 24.3 Å². The molecule has 2 saturated carbocycles. The number of amides is 2. The van der Waals surface area contributed by atoms with E-state index >= 15 is 0 Å². The highest BCUT2D eigenvalue weighted by Gasteiger charge is 2.66. The van der Waals surface area contributed by atoms with Crippen molar-refractivity contribution in [2.24, 2.45) is 23.7 Å². The zero-order valence-electron chi connectivity index (χ0n) is 11.9. The van der Waals surface area contributed by atoms with Crippen molar-refractivity contribution >= 4 is 49.4 Å². The zero-order chi connectivity index (χ0) is 15.6. The summed E-state index contributed by atoms with van der Waals surface area (Å²) in [5.74, 6) is 0.783. The molecule has 1 aliphatic heterocycles. The fourth-order valence-electron chi connectivity index (χ4n) is 4.33. The molecule has 1 aromatic rings. The molecule has 0 N–H and O–H groups in total. The summed E-state index contributed by atoms with van der Waals surface area (Å²) in [5, 5.41) is 0. The number of benzene rings is 1. The molecule has 6 heteroatoms. The van der Waals surface area contributed by atoms with Gasteiger partial charge in [-0.05, 0) is 42.5 Å². The first-order valence-electron chi connectivity index (χ1n) is 7.34. The molecule has 0 spiro atoms. The Morgan fingerprint density at radius 3 is 1.95 bits per heavy atom. The molecule has 2 amide bonds. The lowest BCUT2D eigenvalue weighted by Gasteiger charge is -2.28. The summed E-state index contributed by atoms with van der Waals surface area (Å²) in [6.07, 6.45) is 0.953. The van der Waals surface area contributed by atoms with Crippen LogP contribution in [0.5, 0.6) is 5.75 Å². The Kier molecular flexibility index (Phi) is 3.38. The Hall–Kier alpha value is -0.880. The molecule has 3 aliphatic rings. The predicted molar refractivity (Wildman–Crippen MR) is 89.5 cm³/mol. The third kappa shape index (κ3) is 1.80. The molecule has 0 aromatic heterocycles. The van der Waals surface area contributed by atoms with Gasteiger partial charge < -0.3 is 4.74 Å². The predicted octanol–water partition coefficient (Wildman–Crippen LogP) is 2.98. The van der Waals surface area contributed by atoms with Gasteiger partial charge in [-0.2, -0.15) is 0 Å². The van der Waals surface area contributed by atoms with Crippen molar-refractivity contribution in [1.29, 1.82) is 0 Å². The van der Waals surface area contributed by atoms with E-state index in [2.05, 4.69) is 31.9 Å². The number of hydrogen-bond acceptors (Lipinski definition) is 3. The zero-order valence-corrected chi connectivity index (χ0v) is 15.1. The van der Waals surface area contributed by atoms with Crippen molar-refractivity contribution in [1.82, 2.24) is 0 Å². The molecule has 2 aliphatic carbocycles. The molecule has 3 fully saturated rings. The standard InChI is InChI=1S/C16H15Br2NO3/c1-22-8-4-2-7(3-5-8)19-15(20)11-9-6-10(12(11)16(19)21)14(18)13(9)17/h2-5,9-14H,6H2,1H3/t9-,10+,11+,12-,13+,14-. The maximum atomic E-state index is 12.8. The second kappa shape index (κ2) is 5.06. The number of alkyl halides is 2. The number of carbonyl (C=O) groups is 2. The minimum Gasteiger partial charge on any atom is -0.497 e. The average molecular weight is 429 g/mol. The van der Waals surface area contributed by atoms with Gasteiger partial charge in [0, 0.05) is 9.65 Å². The second-order valence-corrected chi connectivity index (χ2v) is 8.33. The quantitative estimate of drug-likeness (QED) is 0.537. The Bertz CT molecular complexity index is 615. The Morgan fingerprint density at radius 1 is 1.00 bits per heavy atom. The summed E-state index contributed by atoms with van der Waals surface area (Å²) in [4.78, 5) is 27.6. The minimum atomic E-state index is -0.169. The Morgan fingerprint density at radius 2 is 1.50 bits per heavy atom. The van der Waals surface area contributed by atoms with Crippen molar-refractivity contribution in [3.05, 3.63) is 24.3 Å². The molecule has 4 rings (SSSR count). The highest BCUT2D eigenvalue weighted by Crippen LogP contribution is 2.60. The number of halogens is 2. The third-order valence-corrected chi connectivity index (χ3v) is 8.52. The number of hydrogen-bond donors (Lipinski definition) is 0. The monoisotopic (exact) mass is 427 g/mol. The number of methoxy groups -OCH3 is 1. The van der Waals surface area contributed by atoms with Gasteiger partial charge in [-0.15, -0.1) is 0 Å². The van der Waals surface area contributed by atoms with Gasteiger partial charge in [0.1, 0.15) is 5.75 Å². The molecule has 0 unspecified atom stereocenters. The summed E-state index contributed by atoms with van der Waals surface area (Å²) >= 11 is 7.39. The molecule has 0 radical (unpaired) electrons. The highest BCUT2D eigenvalue weighted by molar-refractivity contribution is 9.12. The number of ether oxygens (including phenoxy) is 1. The molecule has 22 heavy (non-hydrogen) atoms. The first-order chi connectivity index (χ1) is 10.5. The van der Waals surface area contributed by atoms with Crippen LogP contribution in [0, 0.1) is 23.7 Å². The van der Waals surface area contributed by atoms with E-state index < -0.39 is 0 Å².